The molecule has 7 heteroatoms. The molecule has 3 aromatic rings. The van der Waals surface area contributed by atoms with E-state index in [0.717, 1.165) is 18.5 Å². The lowest BCUT2D eigenvalue weighted by atomic mass is 9.79. The number of aromatic nitrogens is 3. The van der Waals surface area contributed by atoms with E-state index >= 15 is 0 Å². The van der Waals surface area contributed by atoms with Gasteiger partial charge >= 0.3 is 0 Å². The van der Waals surface area contributed by atoms with Crippen LogP contribution in [0.3, 0.4) is 0 Å². The van der Waals surface area contributed by atoms with Gasteiger partial charge < -0.3 is 9.47 Å². The number of pyridine rings is 1. The Labute approximate surface area is 187 Å². The van der Waals surface area contributed by atoms with Crippen molar-refractivity contribution in [1.82, 2.24) is 14.5 Å². The second-order valence-electron chi connectivity index (χ2n) is 9.42. The van der Waals surface area contributed by atoms with Crippen LogP contribution in [0.15, 0.2) is 42.7 Å². The van der Waals surface area contributed by atoms with Gasteiger partial charge in [-0.05, 0) is 70.9 Å². The van der Waals surface area contributed by atoms with Gasteiger partial charge in [0.2, 0.25) is 5.88 Å². The summed E-state index contributed by atoms with van der Waals surface area (Å²) in [7, 11) is 1.56. The maximum Gasteiger partial charge on any atom is 0.224 e. The van der Waals surface area contributed by atoms with E-state index in [-0.39, 0.29) is 22.7 Å². The molecule has 4 rings (SSSR count). The summed E-state index contributed by atoms with van der Waals surface area (Å²) in [6, 6.07) is 10.1. The highest BCUT2D eigenvalue weighted by molar-refractivity contribution is 5.65. The third kappa shape index (κ3) is 4.23. The van der Waals surface area contributed by atoms with Crippen LogP contribution in [-0.4, -0.2) is 32.8 Å². The number of imidazole rings is 1. The molecule has 0 radical (unpaired) electrons. The smallest absolute Gasteiger partial charge is 0.224 e. The van der Waals surface area contributed by atoms with E-state index < -0.39 is 5.82 Å². The van der Waals surface area contributed by atoms with Gasteiger partial charge in [0.15, 0.2) is 0 Å². The summed E-state index contributed by atoms with van der Waals surface area (Å²) in [4.78, 5) is 9.30. The molecule has 0 amide bonds. The van der Waals surface area contributed by atoms with Gasteiger partial charge in [-0.1, -0.05) is 0 Å². The summed E-state index contributed by atoms with van der Waals surface area (Å²) in [5, 5.41) is 9.11. The van der Waals surface area contributed by atoms with Crippen LogP contribution in [0.5, 0.6) is 5.88 Å². The van der Waals surface area contributed by atoms with E-state index in [2.05, 4.69) is 32.7 Å². The van der Waals surface area contributed by atoms with Crippen LogP contribution in [0, 0.1) is 17.1 Å². The van der Waals surface area contributed by atoms with Crippen LogP contribution in [0.25, 0.3) is 17.1 Å². The van der Waals surface area contributed by atoms with Crippen LogP contribution >= 0.6 is 0 Å². The maximum atomic E-state index is 14.5. The third-order valence-electron chi connectivity index (χ3n) is 5.73. The molecule has 1 saturated heterocycles. The first-order chi connectivity index (χ1) is 15.1. The Balaban J connectivity index is 1.88. The molecule has 2 aromatic heterocycles. The number of rotatable bonds is 4. The van der Waals surface area contributed by atoms with Crippen LogP contribution in [0.2, 0.25) is 0 Å². The first-order valence-electron chi connectivity index (χ1n) is 10.6. The van der Waals surface area contributed by atoms with Gasteiger partial charge in [0.05, 0.1) is 40.8 Å². The molecule has 6 nitrogen and oxygen atoms in total. The first kappa shape index (κ1) is 22.0. The Morgan fingerprint density at radius 2 is 1.91 bits per heavy atom. The van der Waals surface area contributed by atoms with E-state index in [1.807, 2.05) is 29.0 Å². The molecular weight excluding hydrogens is 407 g/mol. The second kappa shape index (κ2) is 8.03. The van der Waals surface area contributed by atoms with Crippen LogP contribution in [-0.2, 0) is 4.74 Å². The summed E-state index contributed by atoms with van der Waals surface area (Å²) < 4.78 is 28.0. The van der Waals surface area contributed by atoms with E-state index in [1.165, 1.54) is 12.1 Å². The lowest BCUT2D eigenvalue weighted by molar-refractivity contribution is -0.162. The molecule has 0 spiro atoms. The molecule has 0 saturated carbocycles. The number of methoxy groups -OCH3 is 1. The SMILES string of the molecule is COc1ncccc1-c1nc(C2CC(C)(C)OC(C)(C)C2)cn1-c1ccc(C#N)c(F)c1. The molecule has 0 N–H and O–H groups in total. The normalized spacial score (nSPS) is 17.7. The maximum absolute atomic E-state index is 14.5. The Hall–Kier alpha value is -3.24. The van der Waals surface area contributed by atoms with Crippen molar-refractivity contribution in [3.63, 3.8) is 0 Å². The van der Waals surface area contributed by atoms with Crippen LogP contribution < -0.4 is 4.74 Å². The Kier molecular flexibility index (Phi) is 5.51. The van der Waals surface area contributed by atoms with Crippen molar-refractivity contribution in [3.8, 4) is 29.0 Å². The Morgan fingerprint density at radius 1 is 1.19 bits per heavy atom. The molecule has 1 fully saturated rings. The third-order valence-corrected chi connectivity index (χ3v) is 5.73. The van der Waals surface area contributed by atoms with E-state index in [0.29, 0.717) is 23.0 Å². The molecule has 1 aliphatic heterocycles. The minimum Gasteiger partial charge on any atom is -0.480 e. The van der Waals surface area contributed by atoms with Gasteiger partial charge in [0.1, 0.15) is 17.7 Å². The molecule has 0 aliphatic carbocycles. The van der Waals surface area contributed by atoms with Crippen LogP contribution in [0.1, 0.15) is 57.7 Å². The monoisotopic (exact) mass is 434 g/mol. The fraction of sp³-hybridized carbons (Fsp3) is 0.400. The average molecular weight is 435 g/mol. The highest BCUT2D eigenvalue weighted by Crippen LogP contribution is 2.44. The Morgan fingerprint density at radius 3 is 2.53 bits per heavy atom. The van der Waals surface area contributed by atoms with Gasteiger partial charge in [-0.25, -0.2) is 14.4 Å². The predicted octanol–water partition coefficient (Wildman–Crippen LogP) is 5.40. The number of nitrogens with zero attached hydrogens (tertiary/aromatic N) is 4. The van der Waals surface area contributed by atoms with Crippen molar-refractivity contribution in [1.29, 1.82) is 5.26 Å². The zero-order valence-electron chi connectivity index (χ0n) is 19.0. The van der Waals surface area contributed by atoms with Gasteiger partial charge in [0.25, 0.3) is 0 Å². The van der Waals surface area contributed by atoms with Gasteiger partial charge in [-0.3, -0.25) is 4.57 Å². The van der Waals surface area contributed by atoms with Gasteiger partial charge in [0, 0.05) is 18.3 Å². The predicted molar refractivity (Wildman–Crippen MR) is 119 cm³/mol. The fourth-order valence-corrected chi connectivity index (χ4v) is 4.75. The van der Waals surface area contributed by atoms with Gasteiger partial charge in [-0.2, -0.15) is 5.26 Å². The van der Waals surface area contributed by atoms with E-state index in [1.54, 1.807) is 19.4 Å². The highest BCUT2D eigenvalue weighted by Gasteiger charge is 2.41. The van der Waals surface area contributed by atoms with Crippen LogP contribution in [0.4, 0.5) is 4.39 Å². The minimum atomic E-state index is -0.572. The molecule has 3 heterocycles. The van der Waals surface area contributed by atoms with Crippen molar-refractivity contribution in [2.24, 2.45) is 0 Å². The number of hydrogen-bond acceptors (Lipinski definition) is 5. The molecule has 166 valence electrons. The molecule has 0 atom stereocenters. The molecule has 1 aliphatic rings. The summed E-state index contributed by atoms with van der Waals surface area (Å²) in [5.41, 5.74) is 1.61. The summed E-state index contributed by atoms with van der Waals surface area (Å²) in [6.07, 6.45) is 5.24. The summed E-state index contributed by atoms with van der Waals surface area (Å²) >= 11 is 0. The lowest BCUT2D eigenvalue weighted by Gasteiger charge is -2.45. The Bertz CT molecular complexity index is 1180. The zero-order chi connectivity index (χ0) is 23.1. The lowest BCUT2D eigenvalue weighted by Crippen LogP contribution is -2.44. The molecule has 0 bridgehead atoms. The second-order valence-corrected chi connectivity index (χ2v) is 9.42. The molecule has 32 heavy (non-hydrogen) atoms. The van der Waals surface area contributed by atoms with Gasteiger partial charge in [-0.15, -0.1) is 0 Å². The van der Waals surface area contributed by atoms with E-state index in [4.69, 9.17) is 19.7 Å². The fourth-order valence-electron chi connectivity index (χ4n) is 4.75. The number of benzene rings is 1. The topological polar surface area (TPSA) is 73.0 Å². The number of halogens is 1. The number of nitriles is 1. The van der Waals surface area contributed by atoms with E-state index in [9.17, 15) is 4.39 Å². The number of ether oxygens (including phenoxy) is 2. The average Bonchev–Trinajstić information content (AvgIpc) is 3.17. The molecule has 0 unspecified atom stereocenters. The van der Waals surface area contributed by atoms with Crippen molar-refractivity contribution in [2.45, 2.75) is 57.7 Å². The van der Waals surface area contributed by atoms with Crippen molar-refractivity contribution in [2.75, 3.05) is 7.11 Å². The standard InChI is InChI=1S/C25H27FN4O2/c1-24(2)12-17(13-25(3,4)32-24)21-15-30(18-9-8-16(14-27)20(26)11-18)22(29-21)19-7-6-10-28-23(19)31-5/h6-11,15,17H,12-13H2,1-5H3. The minimum absolute atomic E-state index is 0.00234. The summed E-state index contributed by atoms with van der Waals surface area (Å²) in [5.74, 6) is 0.640. The summed E-state index contributed by atoms with van der Waals surface area (Å²) in [6.45, 7) is 8.38. The quantitative estimate of drug-likeness (QED) is 0.549. The van der Waals surface area contributed by atoms with Crippen molar-refractivity contribution in [3.05, 3.63) is 59.8 Å². The first-order valence-corrected chi connectivity index (χ1v) is 10.6. The number of hydrogen-bond donors (Lipinski definition) is 0. The molecular formula is C25H27FN4O2. The largest absolute Gasteiger partial charge is 0.480 e. The highest BCUT2D eigenvalue weighted by atomic mass is 19.1. The zero-order valence-corrected chi connectivity index (χ0v) is 19.0. The van der Waals surface area contributed by atoms with Crippen molar-refractivity contribution >= 4 is 0 Å². The molecule has 1 aromatic carbocycles. The van der Waals surface area contributed by atoms with Crippen molar-refractivity contribution < 1.29 is 13.9 Å².